The lowest BCUT2D eigenvalue weighted by molar-refractivity contribution is -0.122. The van der Waals surface area contributed by atoms with Crippen molar-refractivity contribution in [3.63, 3.8) is 0 Å². The average Bonchev–Trinajstić information content (AvgIpc) is 3.39. The van der Waals surface area contributed by atoms with Gasteiger partial charge in [-0.2, -0.15) is 0 Å². The SMILES string of the molecule is COc1ccc(C(CNC(=O)C2CSCN2)c2c[nH]c3ccccc23)cc1.Cl. The Morgan fingerprint density at radius 2 is 2.04 bits per heavy atom. The molecule has 0 radical (unpaired) electrons. The summed E-state index contributed by atoms with van der Waals surface area (Å²) < 4.78 is 5.29. The number of hydrogen-bond acceptors (Lipinski definition) is 4. The minimum atomic E-state index is -0.102. The molecule has 1 fully saturated rings. The summed E-state index contributed by atoms with van der Waals surface area (Å²) in [4.78, 5) is 15.9. The van der Waals surface area contributed by atoms with E-state index >= 15 is 0 Å². The van der Waals surface area contributed by atoms with Gasteiger partial charge in [0, 0.05) is 41.2 Å². The lowest BCUT2D eigenvalue weighted by Crippen LogP contribution is -2.43. The van der Waals surface area contributed by atoms with Gasteiger partial charge in [-0.05, 0) is 29.3 Å². The van der Waals surface area contributed by atoms with E-state index in [9.17, 15) is 4.79 Å². The zero-order valence-corrected chi connectivity index (χ0v) is 17.2. The predicted molar refractivity (Wildman–Crippen MR) is 118 cm³/mol. The zero-order valence-electron chi connectivity index (χ0n) is 15.6. The number of carbonyl (C=O) groups is 1. The fourth-order valence-corrected chi connectivity index (χ4v) is 4.46. The highest BCUT2D eigenvalue weighted by Gasteiger charge is 2.24. The molecule has 148 valence electrons. The summed E-state index contributed by atoms with van der Waals surface area (Å²) in [5.74, 6) is 2.62. The van der Waals surface area contributed by atoms with Crippen molar-refractivity contribution in [2.24, 2.45) is 0 Å². The number of para-hydroxylation sites is 1. The number of thioether (sulfide) groups is 1. The third-order valence-electron chi connectivity index (χ3n) is 5.03. The number of H-pyrrole nitrogens is 1. The number of aromatic nitrogens is 1. The van der Waals surface area contributed by atoms with Crippen LogP contribution in [0.5, 0.6) is 5.75 Å². The molecular weight excluding hydrogens is 394 g/mol. The monoisotopic (exact) mass is 417 g/mol. The van der Waals surface area contributed by atoms with Crippen LogP contribution in [0.25, 0.3) is 10.9 Å². The van der Waals surface area contributed by atoms with Crippen molar-refractivity contribution in [3.8, 4) is 5.75 Å². The second kappa shape index (κ2) is 9.37. The van der Waals surface area contributed by atoms with Crippen LogP contribution in [0.2, 0.25) is 0 Å². The maximum absolute atomic E-state index is 12.5. The highest BCUT2D eigenvalue weighted by molar-refractivity contribution is 7.99. The zero-order chi connectivity index (χ0) is 18.6. The molecular formula is C21H24ClN3O2S. The normalized spacial score (nSPS) is 17.1. The first-order chi connectivity index (χ1) is 13.3. The van der Waals surface area contributed by atoms with Gasteiger partial charge in [0.15, 0.2) is 0 Å². The molecule has 0 aliphatic carbocycles. The van der Waals surface area contributed by atoms with Crippen LogP contribution in [0, 0.1) is 0 Å². The Balaban J connectivity index is 0.00000225. The van der Waals surface area contributed by atoms with Crippen molar-refractivity contribution < 1.29 is 9.53 Å². The second-order valence-corrected chi connectivity index (χ2v) is 7.66. The average molecular weight is 418 g/mol. The van der Waals surface area contributed by atoms with Crippen LogP contribution in [-0.4, -0.2) is 42.2 Å². The highest BCUT2D eigenvalue weighted by atomic mass is 35.5. The summed E-state index contributed by atoms with van der Waals surface area (Å²) in [7, 11) is 1.67. The van der Waals surface area contributed by atoms with Gasteiger partial charge < -0.3 is 15.0 Å². The van der Waals surface area contributed by atoms with Crippen LogP contribution >= 0.6 is 24.2 Å². The number of halogens is 1. The molecule has 3 aromatic rings. The van der Waals surface area contributed by atoms with Gasteiger partial charge in [0.1, 0.15) is 5.75 Å². The van der Waals surface area contributed by atoms with E-state index in [1.165, 1.54) is 10.9 Å². The maximum atomic E-state index is 12.5. The number of amides is 1. The lowest BCUT2D eigenvalue weighted by Gasteiger charge is -2.20. The van der Waals surface area contributed by atoms with E-state index in [0.29, 0.717) is 6.54 Å². The lowest BCUT2D eigenvalue weighted by atomic mass is 9.90. The van der Waals surface area contributed by atoms with E-state index < -0.39 is 0 Å². The molecule has 0 saturated carbocycles. The Kier molecular flexibility index (Phi) is 6.88. The molecule has 2 unspecified atom stereocenters. The van der Waals surface area contributed by atoms with Gasteiger partial charge in [-0.3, -0.25) is 10.1 Å². The van der Waals surface area contributed by atoms with Gasteiger partial charge in [-0.15, -0.1) is 24.2 Å². The Morgan fingerprint density at radius 1 is 1.25 bits per heavy atom. The number of nitrogens with one attached hydrogen (secondary N) is 3. The minimum Gasteiger partial charge on any atom is -0.497 e. The molecule has 2 heterocycles. The summed E-state index contributed by atoms with van der Waals surface area (Å²) in [5, 5.41) is 7.55. The molecule has 1 aliphatic rings. The topological polar surface area (TPSA) is 66.2 Å². The van der Waals surface area contributed by atoms with Crippen molar-refractivity contribution >= 4 is 41.0 Å². The van der Waals surface area contributed by atoms with Gasteiger partial charge >= 0.3 is 0 Å². The number of hydrogen-bond donors (Lipinski definition) is 3. The molecule has 1 amide bonds. The number of benzene rings is 2. The molecule has 28 heavy (non-hydrogen) atoms. The number of methoxy groups -OCH3 is 1. The van der Waals surface area contributed by atoms with E-state index in [1.807, 2.05) is 24.3 Å². The number of carbonyl (C=O) groups excluding carboxylic acids is 1. The molecule has 1 saturated heterocycles. The standard InChI is InChI=1S/C21H23N3O2S.ClH/c1-26-15-8-6-14(7-9-15)17(10-23-21(25)20-12-27-13-24-20)18-11-22-19-5-3-2-4-16(18)19;/h2-9,11,17,20,22,24H,10,12-13H2,1H3,(H,23,25);1H. The number of ether oxygens (including phenoxy) is 1. The van der Waals surface area contributed by atoms with Gasteiger partial charge in [0.25, 0.3) is 0 Å². The fraction of sp³-hybridized carbons (Fsp3) is 0.286. The van der Waals surface area contributed by atoms with E-state index in [4.69, 9.17) is 4.74 Å². The quantitative estimate of drug-likeness (QED) is 0.574. The van der Waals surface area contributed by atoms with Gasteiger partial charge in [-0.1, -0.05) is 30.3 Å². The van der Waals surface area contributed by atoms with Crippen LogP contribution in [0.1, 0.15) is 17.0 Å². The molecule has 0 bridgehead atoms. The van der Waals surface area contributed by atoms with Crippen molar-refractivity contribution in [1.82, 2.24) is 15.6 Å². The van der Waals surface area contributed by atoms with E-state index in [-0.39, 0.29) is 30.3 Å². The van der Waals surface area contributed by atoms with E-state index in [1.54, 1.807) is 18.9 Å². The molecule has 2 atom stereocenters. The predicted octanol–water partition coefficient (Wildman–Crippen LogP) is 3.51. The van der Waals surface area contributed by atoms with Crippen LogP contribution in [-0.2, 0) is 4.79 Å². The fourth-order valence-electron chi connectivity index (χ4n) is 3.52. The van der Waals surface area contributed by atoms with Crippen LogP contribution in [0.4, 0.5) is 0 Å². The third kappa shape index (κ3) is 4.29. The van der Waals surface area contributed by atoms with Gasteiger partial charge in [0.05, 0.1) is 13.2 Å². The van der Waals surface area contributed by atoms with Gasteiger partial charge in [0.2, 0.25) is 5.91 Å². The molecule has 4 rings (SSSR count). The highest BCUT2D eigenvalue weighted by Crippen LogP contribution is 2.31. The molecule has 1 aliphatic heterocycles. The Morgan fingerprint density at radius 3 is 2.75 bits per heavy atom. The second-order valence-electron chi connectivity index (χ2n) is 6.63. The molecule has 5 nitrogen and oxygen atoms in total. The van der Waals surface area contributed by atoms with Crippen molar-refractivity contribution in [1.29, 1.82) is 0 Å². The van der Waals surface area contributed by atoms with Gasteiger partial charge in [-0.25, -0.2) is 0 Å². The summed E-state index contributed by atoms with van der Waals surface area (Å²) in [6.45, 7) is 0.551. The summed E-state index contributed by atoms with van der Waals surface area (Å²) >= 11 is 1.75. The van der Waals surface area contributed by atoms with Crippen LogP contribution < -0.4 is 15.4 Å². The minimum absolute atomic E-state index is 0. The molecule has 0 spiro atoms. The summed E-state index contributed by atoms with van der Waals surface area (Å²) in [6, 6.07) is 16.2. The Hall–Kier alpha value is -2.15. The van der Waals surface area contributed by atoms with Crippen molar-refractivity contribution in [3.05, 3.63) is 65.9 Å². The smallest absolute Gasteiger partial charge is 0.238 e. The third-order valence-corrected chi connectivity index (χ3v) is 5.97. The number of fused-ring (bicyclic) bond motifs is 1. The number of rotatable bonds is 6. The van der Waals surface area contributed by atoms with Crippen LogP contribution in [0.3, 0.4) is 0 Å². The first-order valence-corrected chi connectivity index (χ1v) is 10.2. The largest absolute Gasteiger partial charge is 0.497 e. The summed E-state index contributed by atoms with van der Waals surface area (Å²) in [5.41, 5.74) is 3.44. The molecule has 3 N–H and O–H groups in total. The molecule has 1 aromatic heterocycles. The maximum Gasteiger partial charge on any atom is 0.238 e. The first-order valence-electron chi connectivity index (χ1n) is 9.05. The van der Waals surface area contributed by atoms with E-state index in [0.717, 1.165) is 28.5 Å². The van der Waals surface area contributed by atoms with E-state index in [2.05, 4.69) is 46.1 Å². The number of aromatic amines is 1. The Bertz CT molecular complexity index is 923. The Labute approximate surface area is 175 Å². The summed E-state index contributed by atoms with van der Waals surface area (Å²) in [6.07, 6.45) is 2.05. The molecule has 2 aromatic carbocycles. The molecule has 7 heteroatoms. The van der Waals surface area contributed by atoms with Crippen molar-refractivity contribution in [2.75, 3.05) is 25.3 Å². The first kappa shape index (κ1) is 20.6. The van der Waals surface area contributed by atoms with Crippen molar-refractivity contribution in [2.45, 2.75) is 12.0 Å². The van der Waals surface area contributed by atoms with Crippen LogP contribution in [0.15, 0.2) is 54.7 Å².